The zero-order chi connectivity index (χ0) is 19.1. The molecule has 0 aromatic heterocycles. The van der Waals surface area contributed by atoms with Crippen molar-refractivity contribution in [1.29, 1.82) is 0 Å². The van der Waals surface area contributed by atoms with E-state index in [1.165, 1.54) is 0 Å². The molecule has 0 radical (unpaired) electrons. The smallest absolute Gasteiger partial charge is 0.240 e. The molecule has 0 saturated carbocycles. The molecule has 0 aliphatic heterocycles. The van der Waals surface area contributed by atoms with Crippen molar-refractivity contribution in [1.82, 2.24) is 5.32 Å². The summed E-state index contributed by atoms with van der Waals surface area (Å²) < 4.78 is 0. The van der Waals surface area contributed by atoms with Crippen molar-refractivity contribution in [2.24, 2.45) is 11.7 Å². The van der Waals surface area contributed by atoms with Gasteiger partial charge in [-0.3, -0.25) is 14.4 Å². The summed E-state index contributed by atoms with van der Waals surface area (Å²) in [6, 6.07) is 15.3. The summed E-state index contributed by atoms with van der Waals surface area (Å²) in [7, 11) is 0. The van der Waals surface area contributed by atoms with E-state index in [0.29, 0.717) is 24.0 Å². The summed E-state index contributed by atoms with van der Waals surface area (Å²) in [5, 5.41) is 2.68. The monoisotopic (exact) mass is 352 g/mol. The Kier molecular flexibility index (Phi) is 6.67. The topological polar surface area (TPSA) is 89.3 Å². The third-order valence-electron chi connectivity index (χ3n) is 3.96. The van der Waals surface area contributed by atoms with E-state index in [4.69, 9.17) is 5.73 Å². The molecule has 5 nitrogen and oxygen atoms in total. The van der Waals surface area contributed by atoms with Crippen molar-refractivity contribution in [3.63, 3.8) is 0 Å². The molecule has 2 amide bonds. The Morgan fingerprint density at radius 2 is 1.50 bits per heavy atom. The first-order valence-electron chi connectivity index (χ1n) is 8.64. The number of carbonyl (C=O) groups excluding carboxylic acids is 3. The van der Waals surface area contributed by atoms with E-state index in [1.54, 1.807) is 36.4 Å². The molecular formula is C21H24N2O3. The van der Waals surface area contributed by atoms with Gasteiger partial charge in [0.1, 0.15) is 6.04 Å². The molecule has 5 heteroatoms. The van der Waals surface area contributed by atoms with E-state index < -0.39 is 11.9 Å². The minimum atomic E-state index is -0.767. The van der Waals surface area contributed by atoms with Gasteiger partial charge in [-0.1, -0.05) is 68.4 Å². The number of nitrogens with one attached hydrogen (secondary N) is 1. The molecule has 26 heavy (non-hydrogen) atoms. The molecule has 0 unspecified atom stereocenters. The zero-order valence-corrected chi connectivity index (χ0v) is 15.1. The molecule has 2 aromatic carbocycles. The first-order chi connectivity index (χ1) is 12.4. The molecule has 0 heterocycles. The Morgan fingerprint density at radius 1 is 0.923 bits per heavy atom. The van der Waals surface area contributed by atoms with Crippen molar-refractivity contribution in [3.8, 4) is 0 Å². The van der Waals surface area contributed by atoms with Crippen LogP contribution in [-0.2, 0) is 16.0 Å². The Bertz CT molecular complexity index is 768. The third kappa shape index (κ3) is 5.55. The van der Waals surface area contributed by atoms with E-state index in [1.807, 2.05) is 32.0 Å². The molecule has 2 aromatic rings. The number of rotatable bonds is 8. The number of ketones is 1. The largest absolute Gasteiger partial charge is 0.368 e. The van der Waals surface area contributed by atoms with Gasteiger partial charge in [-0.05, 0) is 11.5 Å². The van der Waals surface area contributed by atoms with Crippen LogP contribution >= 0.6 is 0 Å². The molecule has 3 N–H and O–H groups in total. The average molecular weight is 352 g/mol. The first-order valence-corrected chi connectivity index (χ1v) is 8.64. The number of hydrogen-bond acceptors (Lipinski definition) is 3. The van der Waals surface area contributed by atoms with Crippen LogP contribution in [0.15, 0.2) is 54.6 Å². The fourth-order valence-corrected chi connectivity index (χ4v) is 2.63. The average Bonchev–Trinajstić information content (AvgIpc) is 2.61. The number of carbonyl (C=O) groups is 3. The highest BCUT2D eigenvalue weighted by molar-refractivity contribution is 6.08. The number of nitrogens with two attached hydrogens (primary N) is 1. The fraction of sp³-hybridized carbons (Fsp3) is 0.286. The predicted molar refractivity (Wildman–Crippen MR) is 101 cm³/mol. The lowest BCUT2D eigenvalue weighted by atomic mass is 9.99. The second kappa shape index (κ2) is 8.94. The molecule has 0 saturated heterocycles. The number of amides is 2. The Balaban J connectivity index is 2.05. The van der Waals surface area contributed by atoms with Gasteiger partial charge in [-0.2, -0.15) is 0 Å². The van der Waals surface area contributed by atoms with Crippen LogP contribution < -0.4 is 11.1 Å². The van der Waals surface area contributed by atoms with Gasteiger partial charge in [0.2, 0.25) is 11.8 Å². The quantitative estimate of drug-likeness (QED) is 0.715. The summed E-state index contributed by atoms with van der Waals surface area (Å²) in [6.07, 6.45) is 0.632. The normalized spacial score (nSPS) is 11.8. The summed E-state index contributed by atoms with van der Waals surface area (Å²) in [4.78, 5) is 35.9. The second-order valence-corrected chi connectivity index (χ2v) is 6.72. The lowest BCUT2D eigenvalue weighted by Crippen LogP contribution is -2.46. The number of benzene rings is 2. The van der Waals surface area contributed by atoms with Crippen molar-refractivity contribution in [2.75, 3.05) is 0 Å². The van der Waals surface area contributed by atoms with Crippen LogP contribution in [0.25, 0.3) is 0 Å². The molecule has 2 rings (SSSR count). The van der Waals surface area contributed by atoms with Gasteiger partial charge in [0.15, 0.2) is 5.78 Å². The highest BCUT2D eigenvalue weighted by atomic mass is 16.2. The highest BCUT2D eigenvalue weighted by Gasteiger charge is 2.19. The molecule has 0 aliphatic rings. The maximum absolute atomic E-state index is 12.4. The van der Waals surface area contributed by atoms with Crippen molar-refractivity contribution >= 4 is 17.6 Å². The summed E-state index contributed by atoms with van der Waals surface area (Å²) in [6.45, 7) is 3.86. The van der Waals surface area contributed by atoms with Gasteiger partial charge in [-0.25, -0.2) is 0 Å². The van der Waals surface area contributed by atoms with Gasteiger partial charge < -0.3 is 11.1 Å². The first kappa shape index (κ1) is 19.4. The molecule has 1 atom stereocenters. The van der Waals surface area contributed by atoms with Gasteiger partial charge in [-0.15, -0.1) is 0 Å². The summed E-state index contributed by atoms with van der Waals surface area (Å²) >= 11 is 0. The maximum Gasteiger partial charge on any atom is 0.240 e. The predicted octanol–water partition coefficient (Wildman–Crippen LogP) is 2.48. The zero-order valence-electron chi connectivity index (χ0n) is 15.1. The Morgan fingerprint density at radius 3 is 2.04 bits per heavy atom. The van der Waals surface area contributed by atoms with Crippen LogP contribution in [0.1, 0.15) is 41.8 Å². The van der Waals surface area contributed by atoms with Crippen LogP contribution in [0.4, 0.5) is 0 Å². The lowest BCUT2D eigenvalue weighted by Gasteiger charge is -2.16. The number of hydrogen-bond donors (Lipinski definition) is 2. The molecular weight excluding hydrogens is 328 g/mol. The van der Waals surface area contributed by atoms with Crippen molar-refractivity contribution in [2.45, 2.75) is 32.7 Å². The maximum atomic E-state index is 12.4. The molecule has 0 spiro atoms. The van der Waals surface area contributed by atoms with E-state index in [2.05, 4.69) is 5.32 Å². The van der Waals surface area contributed by atoms with E-state index in [9.17, 15) is 14.4 Å². The second-order valence-electron chi connectivity index (χ2n) is 6.72. The van der Waals surface area contributed by atoms with Crippen molar-refractivity contribution < 1.29 is 14.4 Å². The fourth-order valence-electron chi connectivity index (χ4n) is 2.63. The highest BCUT2D eigenvalue weighted by Crippen LogP contribution is 2.12. The molecule has 0 bridgehead atoms. The van der Waals surface area contributed by atoms with Crippen LogP contribution in [0.3, 0.4) is 0 Å². The third-order valence-corrected chi connectivity index (χ3v) is 3.96. The van der Waals surface area contributed by atoms with Gasteiger partial charge in [0.25, 0.3) is 0 Å². The number of primary amides is 1. The molecule has 136 valence electrons. The minimum Gasteiger partial charge on any atom is -0.368 e. The van der Waals surface area contributed by atoms with Gasteiger partial charge in [0.05, 0.1) is 0 Å². The molecule has 0 fully saturated rings. The standard InChI is InChI=1S/C21H24N2O3/c1-14(2)12-19(24)23-18(21(22)26)13-15-8-10-17(11-9-15)20(25)16-6-4-3-5-7-16/h3-11,14,18H,12-13H2,1-2H3,(H2,22,26)(H,23,24)/t18-/m1/s1. The van der Waals surface area contributed by atoms with E-state index in [0.717, 1.165) is 5.56 Å². The van der Waals surface area contributed by atoms with Crippen LogP contribution in [0.2, 0.25) is 0 Å². The molecule has 0 aliphatic carbocycles. The van der Waals surface area contributed by atoms with Crippen molar-refractivity contribution in [3.05, 3.63) is 71.3 Å². The lowest BCUT2D eigenvalue weighted by molar-refractivity contribution is -0.127. The van der Waals surface area contributed by atoms with Gasteiger partial charge in [0, 0.05) is 24.0 Å². The van der Waals surface area contributed by atoms with Crippen LogP contribution in [-0.4, -0.2) is 23.6 Å². The van der Waals surface area contributed by atoms with Gasteiger partial charge >= 0.3 is 0 Å². The van der Waals surface area contributed by atoms with E-state index in [-0.39, 0.29) is 17.6 Å². The SMILES string of the molecule is CC(C)CC(=O)N[C@H](Cc1ccc(C(=O)c2ccccc2)cc1)C(N)=O. The minimum absolute atomic E-state index is 0.0613. The summed E-state index contributed by atoms with van der Waals surface area (Å²) in [5.74, 6) is -0.633. The van der Waals surface area contributed by atoms with E-state index >= 15 is 0 Å². The van der Waals surface area contributed by atoms with Crippen LogP contribution in [0.5, 0.6) is 0 Å². The summed E-state index contributed by atoms with van der Waals surface area (Å²) in [5.41, 5.74) is 7.42. The Hall–Kier alpha value is -2.95. The Labute approximate surface area is 153 Å². The van der Waals surface area contributed by atoms with Crippen LogP contribution in [0, 0.1) is 5.92 Å².